The maximum Gasteiger partial charge on any atom is 0.416 e. The Morgan fingerprint density at radius 2 is 1.88 bits per heavy atom. The Kier molecular flexibility index (Phi) is 10.2. The molecule has 0 aliphatic carbocycles. The monoisotopic (exact) mass is 727 g/mol. The molecular weight excluding hydrogens is 693 g/mol. The van der Waals surface area contributed by atoms with E-state index >= 15 is 8.78 Å². The van der Waals surface area contributed by atoms with E-state index in [1.165, 1.54) is 24.1 Å². The third kappa shape index (κ3) is 6.88. The summed E-state index contributed by atoms with van der Waals surface area (Å²) in [5.74, 6) is -5.61. The standard InChI is InChI=1S/C35H34F5N7O5/c1-20-25(17-41)42-19-43-30(20)23-16-22(35(38,39)40)5-6-24(23)44-32(49)27-31(48)34(2)8-3-9-47(34)46(33(27)50)18-21-4-7-26(29(37)28(21)36)52-15-12-45-10-13-51-14-11-45/h4-7,16,19,48H,3,8-15,18H2,1-2H3,(H,44,49)/t34-/m1/s1. The zero-order valence-electron chi connectivity index (χ0n) is 28.2. The number of carbonyl (C=O) groups is 2. The number of hydrazine groups is 1. The Labute approximate surface area is 295 Å². The third-order valence-electron chi connectivity index (χ3n) is 9.57. The number of fused-ring (bicyclic) bond motifs is 1. The SMILES string of the molecule is Cc1c(C#N)ncnc1-c1cc(C(F)(F)F)ccc1NC(=O)C1=C(O)[C@@]2(C)CCCN2N(Cc2ccc(OCCN3CCOCC3)c(F)c2F)C1=O. The van der Waals surface area contributed by atoms with Crippen LogP contribution in [0.3, 0.4) is 0 Å². The summed E-state index contributed by atoms with van der Waals surface area (Å²) in [6.07, 6.45) is -3.03. The Morgan fingerprint density at radius 3 is 2.60 bits per heavy atom. The number of alkyl halides is 3. The number of carbonyl (C=O) groups excluding carboxylic acids is 2. The molecule has 0 spiro atoms. The van der Waals surface area contributed by atoms with Crippen LogP contribution in [0, 0.1) is 29.9 Å². The quantitative estimate of drug-likeness (QED) is 0.231. The van der Waals surface area contributed by atoms with Gasteiger partial charge in [-0.15, -0.1) is 0 Å². The molecule has 3 aliphatic rings. The van der Waals surface area contributed by atoms with Crippen LogP contribution in [-0.2, 0) is 27.0 Å². The van der Waals surface area contributed by atoms with Crippen LogP contribution in [-0.4, -0.2) is 93.3 Å². The molecule has 2 amide bonds. The molecule has 0 saturated carbocycles. The van der Waals surface area contributed by atoms with Crippen molar-refractivity contribution in [2.75, 3.05) is 51.3 Å². The first kappa shape index (κ1) is 36.6. The largest absolute Gasteiger partial charge is 0.509 e. The highest BCUT2D eigenvalue weighted by molar-refractivity contribution is 6.24. The average molecular weight is 728 g/mol. The van der Waals surface area contributed by atoms with E-state index in [4.69, 9.17) is 9.47 Å². The molecule has 2 N–H and O–H groups in total. The predicted octanol–water partition coefficient (Wildman–Crippen LogP) is 4.89. The number of aliphatic hydroxyl groups is 1. The molecule has 17 heteroatoms. The first-order chi connectivity index (χ1) is 24.7. The second-order valence-electron chi connectivity index (χ2n) is 12.8. The lowest BCUT2D eigenvalue weighted by Gasteiger charge is -2.46. The molecule has 0 bridgehead atoms. The van der Waals surface area contributed by atoms with Gasteiger partial charge in [0.15, 0.2) is 11.6 Å². The van der Waals surface area contributed by atoms with Gasteiger partial charge in [0.25, 0.3) is 11.8 Å². The lowest BCUT2D eigenvalue weighted by Crippen LogP contribution is -2.60. The van der Waals surface area contributed by atoms with Crippen LogP contribution in [0.25, 0.3) is 11.3 Å². The molecule has 3 aromatic rings. The van der Waals surface area contributed by atoms with Crippen LogP contribution >= 0.6 is 0 Å². The van der Waals surface area contributed by atoms with Crippen molar-refractivity contribution in [3.05, 3.63) is 82.0 Å². The van der Waals surface area contributed by atoms with E-state index in [0.29, 0.717) is 39.3 Å². The fraction of sp³-hybridized carbons (Fsp3) is 0.400. The van der Waals surface area contributed by atoms with Gasteiger partial charge in [-0.05, 0) is 51.0 Å². The van der Waals surface area contributed by atoms with Gasteiger partial charge < -0.3 is 19.9 Å². The molecule has 2 saturated heterocycles. The van der Waals surface area contributed by atoms with E-state index < -0.39 is 58.6 Å². The lowest BCUT2D eigenvalue weighted by molar-refractivity contribution is -0.160. The zero-order valence-corrected chi connectivity index (χ0v) is 28.2. The van der Waals surface area contributed by atoms with Crippen molar-refractivity contribution in [1.29, 1.82) is 5.26 Å². The number of nitriles is 1. The number of hydrogen-bond donors (Lipinski definition) is 2. The van der Waals surface area contributed by atoms with Crippen LogP contribution in [0.1, 0.15) is 42.1 Å². The molecule has 0 unspecified atom stereocenters. The van der Waals surface area contributed by atoms with E-state index in [1.807, 2.05) is 6.07 Å². The van der Waals surface area contributed by atoms with Gasteiger partial charge in [-0.2, -0.15) is 22.8 Å². The first-order valence-corrected chi connectivity index (χ1v) is 16.4. The average Bonchev–Trinajstić information content (AvgIpc) is 3.52. The number of aromatic nitrogens is 2. The summed E-state index contributed by atoms with van der Waals surface area (Å²) >= 11 is 0. The van der Waals surface area contributed by atoms with Gasteiger partial charge in [-0.25, -0.2) is 19.4 Å². The molecule has 2 fully saturated rings. The highest BCUT2D eigenvalue weighted by Crippen LogP contribution is 2.43. The number of amides is 2. The number of halogens is 5. The van der Waals surface area contributed by atoms with E-state index in [0.717, 1.165) is 29.5 Å². The van der Waals surface area contributed by atoms with Crippen molar-refractivity contribution in [1.82, 2.24) is 24.9 Å². The molecular formula is C35H34F5N7O5. The van der Waals surface area contributed by atoms with Gasteiger partial charge in [-0.3, -0.25) is 19.5 Å². The number of ether oxygens (including phenoxy) is 2. The summed E-state index contributed by atoms with van der Waals surface area (Å²) < 4.78 is 82.9. The fourth-order valence-corrected chi connectivity index (χ4v) is 6.67. The first-order valence-electron chi connectivity index (χ1n) is 16.4. The summed E-state index contributed by atoms with van der Waals surface area (Å²) in [5.41, 5.74) is -3.81. The van der Waals surface area contributed by atoms with Gasteiger partial charge in [0, 0.05) is 42.9 Å². The van der Waals surface area contributed by atoms with Crippen molar-refractivity contribution >= 4 is 17.5 Å². The minimum Gasteiger partial charge on any atom is -0.509 e. The smallest absolute Gasteiger partial charge is 0.416 e. The van der Waals surface area contributed by atoms with Gasteiger partial charge >= 0.3 is 6.18 Å². The lowest BCUT2D eigenvalue weighted by atomic mass is 9.90. The number of benzene rings is 2. The van der Waals surface area contributed by atoms with Gasteiger partial charge in [0.2, 0.25) is 5.82 Å². The van der Waals surface area contributed by atoms with E-state index in [1.54, 1.807) is 6.92 Å². The van der Waals surface area contributed by atoms with Crippen molar-refractivity contribution in [3.8, 4) is 23.1 Å². The maximum absolute atomic E-state index is 15.5. The normalized spacial score (nSPS) is 19.8. The van der Waals surface area contributed by atoms with Gasteiger partial charge in [-0.1, -0.05) is 6.07 Å². The Morgan fingerprint density at radius 1 is 1.13 bits per heavy atom. The van der Waals surface area contributed by atoms with Crippen molar-refractivity contribution < 1.29 is 46.1 Å². The summed E-state index contributed by atoms with van der Waals surface area (Å²) in [4.78, 5) is 37.9. The summed E-state index contributed by atoms with van der Waals surface area (Å²) in [5, 5.41) is 25.9. The molecule has 2 aromatic carbocycles. The molecule has 12 nitrogen and oxygen atoms in total. The molecule has 52 heavy (non-hydrogen) atoms. The molecule has 274 valence electrons. The number of nitrogens with zero attached hydrogens (tertiary/aromatic N) is 6. The second kappa shape index (κ2) is 14.4. The number of hydrogen-bond acceptors (Lipinski definition) is 10. The number of aliphatic hydroxyl groups excluding tert-OH is 1. The Hall–Kier alpha value is -5.18. The predicted molar refractivity (Wildman–Crippen MR) is 174 cm³/mol. The van der Waals surface area contributed by atoms with E-state index in [-0.39, 0.29) is 59.1 Å². The highest BCUT2D eigenvalue weighted by Gasteiger charge is 2.53. The van der Waals surface area contributed by atoms with Crippen LogP contribution in [0.4, 0.5) is 27.6 Å². The Balaban J connectivity index is 1.29. The fourth-order valence-electron chi connectivity index (χ4n) is 6.67. The van der Waals surface area contributed by atoms with Crippen molar-refractivity contribution in [2.45, 2.75) is 44.9 Å². The molecule has 4 heterocycles. The molecule has 1 atom stereocenters. The van der Waals surface area contributed by atoms with Gasteiger partial charge in [0.05, 0.1) is 42.2 Å². The third-order valence-corrected chi connectivity index (χ3v) is 9.57. The van der Waals surface area contributed by atoms with Crippen LogP contribution in [0.2, 0.25) is 0 Å². The minimum absolute atomic E-state index is 0.0808. The van der Waals surface area contributed by atoms with Crippen LogP contribution < -0.4 is 10.1 Å². The molecule has 3 aliphatic heterocycles. The Bertz CT molecular complexity index is 1980. The zero-order chi connectivity index (χ0) is 37.4. The van der Waals surface area contributed by atoms with Crippen molar-refractivity contribution in [2.24, 2.45) is 0 Å². The van der Waals surface area contributed by atoms with Crippen LogP contribution in [0.5, 0.6) is 5.75 Å². The second-order valence-corrected chi connectivity index (χ2v) is 12.8. The number of rotatable bonds is 9. The summed E-state index contributed by atoms with van der Waals surface area (Å²) in [6.45, 7) is 5.85. The number of morpholine rings is 1. The van der Waals surface area contributed by atoms with E-state index in [2.05, 4.69) is 20.2 Å². The number of anilines is 1. The molecule has 6 rings (SSSR count). The maximum atomic E-state index is 15.5. The minimum atomic E-state index is -4.78. The van der Waals surface area contributed by atoms with Gasteiger partial charge in [0.1, 0.15) is 36.0 Å². The summed E-state index contributed by atoms with van der Waals surface area (Å²) in [6, 6.07) is 6.79. The topological polar surface area (TPSA) is 144 Å². The van der Waals surface area contributed by atoms with Crippen molar-refractivity contribution in [3.63, 3.8) is 0 Å². The van der Waals surface area contributed by atoms with E-state index in [9.17, 15) is 33.1 Å². The summed E-state index contributed by atoms with van der Waals surface area (Å²) in [7, 11) is 0. The molecule has 0 radical (unpaired) electrons. The van der Waals surface area contributed by atoms with Crippen LogP contribution in [0.15, 0.2) is 48.0 Å². The number of nitrogens with one attached hydrogen (secondary N) is 1. The molecule has 1 aromatic heterocycles. The highest BCUT2D eigenvalue weighted by atomic mass is 19.4.